The minimum absolute atomic E-state index is 0. The lowest BCUT2D eigenvalue weighted by Crippen LogP contribution is -2.50. The average Bonchev–Trinajstić information content (AvgIpc) is 2.41. The van der Waals surface area contributed by atoms with E-state index in [0.29, 0.717) is 23.3 Å². The van der Waals surface area contributed by atoms with Crippen LogP contribution in [0.25, 0.3) is 0 Å². The van der Waals surface area contributed by atoms with Crippen LogP contribution in [0.2, 0.25) is 0 Å². The molecule has 4 nitrogen and oxygen atoms in total. The molecule has 2 unspecified atom stereocenters. The lowest BCUT2D eigenvalue weighted by atomic mass is 9.96. The lowest BCUT2D eigenvalue weighted by molar-refractivity contribution is 0.327. The van der Waals surface area contributed by atoms with E-state index < -0.39 is 10.0 Å². The summed E-state index contributed by atoms with van der Waals surface area (Å²) < 4.78 is 27.8. The highest BCUT2D eigenvalue weighted by atomic mass is 35.5. The molecule has 1 fully saturated rings. The largest absolute Gasteiger partial charge is 0.315 e. The Kier molecular flexibility index (Phi) is 6.66. The van der Waals surface area contributed by atoms with Crippen molar-refractivity contribution in [2.45, 2.75) is 44.0 Å². The van der Waals surface area contributed by atoms with Crippen LogP contribution >= 0.6 is 12.4 Å². The van der Waals surface area contributed by atoms with E-state index in [-0.39, 0.29) is 18.4 Å². The maximum Gasteiger partial charge on any atom is 0.240 e. The van der Waals surface area contributed by atoms with Crippen LogP contribution < -0.4 is 10.0 Å². The van der Waals surface area contributed by atoms with Crippen LogP contribution in [-0.2, 0) is 10.0 Å². The molecule has 0 aliphatic carbocycles. The minimum atomic E-state index is -3.44. The zero-order valence-electron chi connectivity index (χ0n) is 12.8. The van der Waals surface area contributed by atoms with Gasteiger partial charge in [0.05, 0.1) is 4.90 Å². The summed E-state index contributed by atoms with van der Waals surface area (Å²) in [6.07, 6.45) is 0.999. The number of hydrogen-bond acceptors (Lipinski definition) is 3. The highest BCUT2D eigenvalue weighted by molar-refractivity contribution is 7.89. The van der Waals surface area contributed by atoms with Crippen molar-refractivity contribution in [2.24, 2.45) is 5.92 Å². The van der Waals surface area contributed by atoms with Gasteiger partial charge >= 0.3 is 0 Å². The van der Waals surface area contributed by atoms with Gasteiger partial charge in [0.1, 0.15) is 0 Å². The quantitative estimate of drug-likeness (QED) is 0.890. The van der Waals surface area contributed by atoms with Crippen LogP contribution in [0.3, 0.4) is 0 Å². The lowest BCUT2D eigenvalue weighted by Gasteiger charge is -2.30. The molecule has 0 radical (unpaired) electrons. The van der Waals surface area contributed by atoms with Crippen molar-refractivity contribution in [2.75, 3.05) is 13.1 Å². The summed E-state index contributed by atoms with van der Waals surface area (Å²) in [6.45, 7) is 7.88. The number of halogens is 1. The number of benzene rings is 1. The van der Waals surface area contributed by atoms with E-state index in [1.807, 2.05) is 12.1 Å². The Morgan fingerprint density at radius 3 is 2.67 bits per heavy atom. The fourth-order valence-electron chi connectivity index (χ4n) is 2.46. The molecule has 21 heavy (non-hydrogen) atoms. The second kappa shape index (κ2) is 7.58. The van der Waals surface area contributed by atoms with Gasteiger partial charge in [-0.05, 0) is 42.5 Å². The molecule has 6 heteroatoms. The van der Waals surface area contributed by atoms with Crippen LogP contribution in [0.1, 0.15) is 38.7 Å². The van der Waals surface area contributed by atoms with Gasteiger partial charge in [0, 0.05) is 12.6 Å². The van der Waals surface area contributed by atoms with E-state index in [2.05, 4.69) is 30.8 Å². The number of nitrogens with one attached hydrogen (secondary N) is 2. The van der Waals surface area contributed by atoms with Gasteiger partial charge < -0.3 is 5.32 Å². The zero-order chi connectivity index (χ0) is 14.8. The molecule has 1 aromatic carbocycles. The third-order valence-electron chi connectivity index (χ3n) is 3.97. The first kappa shape index (κ1) is 18.4. The van der Waals surface area contributed by atoms with Crippen LogP contribution in [0.15, 0.2) is 29.2 Å². The van der Waals surface area contributed by atoms with Crippen molar-refractivity contribution in [3.05, 3.63) is 29.8 Å². The van der Waals surface area contributed by atoms with E-state index in [9.17, 15) is 8.42 Å². The van der Waals surface area contributed by atoms with Crippen LogP contribution in [0, 0.1) is 5.92 Å². The highest BCUT2D eigenvalue weighted by Crippen LogP contribution is 2.20. The topological polar surface area (TPSA) is 58.2 Å². The molecule has 2 rings (SSSR count). The smallest absolute Gasteiger partial charge is 0.240 e. The van der Waals surface area contributed by atoms with E-state index in [1.54, 1.807) is 12.1 Å². The Morgan fingerprint density at radius 2 is 2.05 bits per heavy atom. The molecule has 0 bridgehead atoms. The van der Waals surface area contributed by atoms with Crippen molar-refractivity contribution in [1.29, 1.82) is 0 Å². The first-order chi connectivity index (χ1) is 9.40. The van der Waals surface area contributed by atoms with Crippen molar-refractivity contribution in [1.82, 2.24) is 10.0 Å². The summed E-state index contributed by atoms with van der Waals surface area (Å²) in [6, 6.07) is 7.18. The van der Waals surface area contributed by atoms with Gasteiger partial charge in [-0.3, -0.25) is 0 Å². The van der Waals surface area contributed by atoms with Crippen molar-refractivity contribution in [3.63, 3.8) is 0 Å². The fourth-order valence-corrected chi connectivity index (χ4v) is 3.85. The summed E-state index contributed by atoms with van der Waals surface area (Å²) >= 11 is 0. The molecule has 1 aromatic rings. The number of rotatable bonds is 4. The minimum Gasteiger partial charge on any atom is -0.315 e. The molecule has 1 saturated heterocycles. The maximum atomic E-state index is 12.5. The number of hydrogen-bond donors (Lipinski definition) is 2. The van der Waals surface area contributed by atoms with Crippen molar-refractivity contribution >= 4 is 22.4 Å². The summed E-state index contributed by atoms with van der Waals surface area (Å²) in [4.78, 5) is 0.362. The van der Waals surface area contributed by atoms with Gasteiger partial charge in [-0.25, -0.2) is 13.1 Å². The summed E-state index contributed by atoms with van der Waals surface area (Å²) in [5.41, 5.74) is 1.04. The van der Waals surface area contributed by atoms with Gasteiger partial charge in [-0.15, -0.1) is 12.4 Å². The second-order valence-electron chi connectivity index (χ2n) is 5.93. The van der Waals surface area contributed by atoms with Crippen LogP contribution in [0.4, 0.5) is 0 Å². The molecule has 2 atom stereocenters. The number of sulfonamides is 1. The van der Waals surface area contributed by atoms with E-state index in [4.69, 9.17) is 0 Å². The van der Waals surface area contributed by atoms with E-state index in [1.165, 1.54) is 0 Å². The first-order valence-electron chi connectivity index (χ1n) is 7.23. The summed E-state index contributed by atoms with van der Waals surface area (Å²) in [5.74, 6) is 0.680. The van der Waals surface area contributed by atoms with Crippen LogP contribution in [0.5, 0.6) is 0 Å². The Balaban J connectivity index is 0.00000220. The van der Waals surface area contributed by atoms with Gasteiger partial charge in [-0.2, -0.15) is 0 Å². The Hall–Kier alpha value is -0.620. The molecule has 1 aliphatic heterocycles. The predicted octanol–water partition coefficient (Wildman–Crippen LogP) is 2.51. The molecule has 0 saturated carbocycles. The third kappa shape index (κ3) is 4.68. The molecule has 120 valence electrons. The fraction of sp³-hybridized carbons (Fsp3) is 0.600. The SMILES string of the molecule is CC(C)c1cccc(S(=O)(=O)NC2CNCCC2C)c1.Cl. The molecule has 0 aromatic heterocycles. The van der Waals surface area contributed by atoms with Gasteiger partial charge in [0.25, 0.3) is 0 Å². The number of piperidine rings is 1. The zero-order valence-corrected chi connectivity index (χ0v) is 14.4. The molecule has 0 amide bonds. The second-order valence-corrected chi connectivity index (χ2v) is 7.64. The monoisotopic (exact) mass is 332 g/mol. The van der Waals surface area contributed by atoms with E-state index >= 15 is 0 Å². The van der Waals surface area contributed by atoms with Gasteiger partial charge in [0.2, 0.25) is 10.0 Å². The Bertz CT molecular complexity index is 561. The van der Waals surface area contributed by atoms with Crippen molar-refractivity contribution in [3.8, 4) is 0 Å². The molecule has 2 N–H and O–H groups in total. The third-order valence-corrected chi connectivity index (χ3v) is 5.46. The van der Waals surface area contributed by atoms with Crippen molar-refractivity contribution < 1.29 is 8.42 Å². The first-order valence-corrected chi connectivity index (χ1v) is 8.71. The molecule has 1 heterocycles. The highest BCUT2D eigenvalue weighted by Gasteiger charge is 2.26. The van der Waals surface area contributed by atoms with Gasteiger partial charge in [0.15, 0.2) is 0 Å². The summed E-state index contributed by atoms with van der Waals surface area (Å²) in [7, 11) is -3.44. The standard InChI is InChI=1S/C15H24N2O2S.ClH/c1-11(2)13-5-4-6-14(9-13)20(18,19)17-15-10-16-8-7-12(15)3;/h4-6,9,11-12,15-17H,7-8,10H2,1-3H3;1H. The maximum absolute atomic E-state index is 12.5. The normalized spacial score (nSPS) is 22.9. The van der Waals surface area contributed by atoms with Gasteiger partial charge in [-0.1, -0.05) is 32.9 Å². The molecule has 1 aliphatic rings. The molecule has 0 spiro atoms. The van der Waals surface area contributed by atoms with Crippen LogP contribution in [-0.4, -0.2) is 27.5 Å². The molecular formula is C15H25ClN2O2S. The average molecular weight is 333 g/mol. The Morgan fingerprint density at radius 1 is 1.33 bits per heavy atom. The molecular weight excluding hydrogens is 308 g/mol. The summed E-state index contributed by atoms with van der Waals surface area (Å²) in [5, 5.41) is 3.24. The van der Waals surface area contributed by atoms with E-state index in [0.717, 1.165) is 18.5 Å². The predicted molar refractivity (Wildman–Crippen MR) is 88.5 cm³/mol. The Labute approximate surface area is 134 Å².